The molecule has 5 saturated heterocycles. The number of halogens is 1. The molecule has 1 aliphatic carbocycles. The normalized spacial score (nSPS) is 25.0. The molecule has 8 rings (SSSR count). The third-order valence-corrected chi connectivity index (χ3v) is 16.8. The number of benzene rings is 2. The van der Waals surface area contributed by atoms with Crippen molar-refractivity contribution in [2.75, 3.05) is 90.5 Å². The molecule has 1 saturated carbocycles. The third kappa shape index (κ3) is 8.84. The first-order valence-corrected chi connectivity index (χ1v) is 23.7. The van der Waals surface area contributed by atoms with E-state index in [1.807, 2.05) is 29.2 Å². The Morgan fingerprint density at radius 2 is 1.53 bits per heavy atom. The molecule has 2 aromatic carbocycles. The molecule has 6 fully saturated rings. The largest absolute Gasteiger partial charge is 0.469 e. The van der Waals surface area contributed by atoms with Gasteiger partial charge in [-0.25, -0.2) is 12.8 Å². The number of nitrogens with zero attached hydrogens (tertiary/aromatic N) is 5. The van der Waals surface area contributed by atoms with Gasteiger partial charge in [-0.1, -0.05) is 31.1 Å². The Labute approximate surface area is 349 Å². The van der Waals surface area contributed by atoms with Crippen molar-refractivity contribution in [3.05, 3.63) is 72.1 Å². The highest BCUT2D eigenvalue weighted by Gasteiger charge is 2.53. The number of ether oxygens (including phenoxy) is 1. The minimum absolute atomic E-state index is 0.129. The summed E-state index contributed by atoms with van der Waals surface area (Å²) in [6, 6.07) is 14.1. The van der Waals surface area contributed by atoms with Gasteiger partial charge in [0, 0.05) is 76.0 Å². The number of anilines is 1. The lowest BCUT2D eigenvalue weighted by Crippen LogP contribution is -2.59. The lowest BCUT2D eigenvalue weighted by atomic mass is 9.56. The molecule has 0 N–H and O–H groups in total. The number of rotatable bonds is 14. The Balaban J connectivity index is 0.857. The number of carbonyl (C=O) groups excluding carboxylic acids is 3. The van der Waals surface area contributed by atoms with Gasteiger partial charge in [-0.3, -0.25) is 19.3 Å². The molecule has 0 unspecified atom stereocenters. The number of hydrogen-bond acceptors (Lipinski definition) is 9. The van der Waals surface area contributed by atoms with Crippen molar-refractivity contribution in [2.45, 2.75) is 79.8 Å². The van der Waals surface area contributed by atoms with Gasteiger partial charge in [-0.05, 0) is 131 Å². The van der Waals surface area contributed by atoms with E-state index in [9.17, 15) is 22.8 Å². The Bertz CT molecular complexity index is 1950. The predicted octanol–water partition coefficient (Wildman–Crippen LogP) is 5.15. The van der Waals surface area contributed by atoms with E-state index >= 15 is 4.39 Å². The molecule has 5 heterocycles. The van der Waals surface area contributed by atoms with Crippen molar-refractivity contribution in [2.24, 2.45) is 23.7 Å². The number of piperidine rings is 2. The fourth-order valence-electron chi connectivity index (χ4n) is 11.2. The number of amides is 2. The third-order valence-electron chi connectivity index (χ3n) is 14.7. The maximum absolute atomic E-state index is 15.0. The lowest BCUT2D eigenvalue weighted by Gasteiger charge is -2.54. The number of esters is 1. The van der Waals surface area contributed by atoms with E-state index in [1.165, 1.54) is 32.4 Å². The van der Waals surface area contributed by atoms with E-state index in [-0.39, 0.29) is 70.7 Å². The van der Waals surface area contributed by atoms with Crippen molar-refractivity contribution in [1.82, 2.24) is 19.6 Å². The summed E-state index contributed by atoms with van der Waals surface area (Å²) in [5, 5.41) is -0.614. The van der Waals surface area contributed by atoms with E-state index in [1.54, 1.807) is 29.2 Å². The first-order valence-electron chi connectivity index (χ1n) is 22.2. The molecule has 13 heteroatoms. The van der Waals surface area contributed by atoms with Crippen LogP contribution in [0.15, 0.2) is 65.6 Å². The minimum atomic E-state index is -3.58. The first-order chi connectivity index (χ1) is 28.5. The molecule has 6 aliphatic rings. The summed E-state index contributed by atoms with van der Waals surface area (Å²) in [4.78, 5) is 50.0. The van der Waals surface area contributed by atoms with Crippen molar-refractivity contribution in [3.63, 3.8) is 0 Å². The second kappa shape index (κ2) is 18.0. The molecule has 320 valence electrons. The molecule has 0 bridgehead atoms. The van der Waals surface area contributed by atoms with Crippen LogP contribution in [0.25, 0.3) is 0 Å². The molecule has 0 aromatic heterocycles. The lowest BCUT2D eigenvalue weighted by molar-refractivity contribution is -0.143. The quantitative estimate of drug-likeness (QED) is 0.189. The zero-order valence-electron chi connectivity index (χ0n) is 34.7. The van der Waals surface area contributed by atoms with Crippen LogP contribution in [-0.4, -0.2) is 137 Å². The van der Waals surface area contributed by atoms with Crippen molar-refractivity contribution >= 4 is 33.3 Å². The van der Waals surface area contributed by atoms with Crippen LogP contribution < -0.4 is 4.90 Å². The van der Waals surface area contributed by atoms with Crippen LogP contribution in [0.2, 0.25) is 0 Å². The van der Waals surface area contributed by atoms with Gasteiger partial charge in [-0.2, -0.15) is 0 Å². The number of carbonyl (C=O) groups is 3. The molecule has 0 spiro atoms. The average molecular weight is 832 g/mol. The van der Waals surface area contributed by atoms with E-state index in [0.29, 0.717) is 32.6 Å². The van der Waals surface area contributed by atoms with Gasteiger partial charge in [0.05, 0.1) is 17.9 Å². The van der Waals surface area contributed by atoms with Crippen LogP contribution >= 0.6 is 0 Å². The monoisotopic (exact) mass is 831 g/mol. The topological polar surface area (TPSA) is 111 Å². The fourth-order valence-corrected chi connectivity index (χ4v) is 12.8. The van der Waals surface area contributed by atoms with Crippen molar-refractivity contribution in [3.8, 4) is 0 Å². The highest BCUT2D eigenvalue weighted by atomic mass is 32.2. The second-order valence-electron chi connectivity index (χ2n) is 18.1. The van der Waals surface area contributed by atoms with Gasteiger partial charge < -0.3 is 24.3 Å². The minimum Gasteiger partial charge on any atom is -0.469 e. The van der Waals surface area contributed by atoms with Crippen LogP contribution in [0.3, 0.4) is 0 Å². The molecule has 5 aliphatic heterocycles. The standard InChI is InChI=1S/C46H62FN5O6S/c1-58-44(54)27-34-9-5-12-42(34)46(33-49-23-8-24-49,37-10-6-11-38(47)28-37)36-18-25-50(26-19-36)45(55)35-29-51(30-35)39-14-16-40(17-15-39)59(56,57)41-31-52(32-41)43(53)13-7-22-48-20-3-2-4-21-48/h6-7,10-11,13-17,28,34-36,41-42H,2-5,8-9,12,18-27,29-33H2,1H3/b13-7+/t34-,42+,46+/m1/s1. The molecule has 59 heavy (non-hydrogen) atoms. The molecule has 3 atom stereocenters. The van der Waals surface area contributed by atoms with Gasteiger partial charge in [0.1, 0.15) is 11.1 Å². The number of methoxy groups -OCH3 is 1. The maximum atomic E-state index is 15.0. The molecular weight excluding hydrogens is 770 g/mol. The molecular formula is C46H62FN5O6S. The fraction of sp³-hybridized carbons (Fsp3) is 0.630. The van der Waals surface area contributed by atoms with E-state index in [0.717, 1.165) is 89.0 Å². The van der Waals surface area contributed by atoms with Crippen molar-refractivity contribution in [1.29, 1.82) is 0 Å². The zero-order chi connectivity index (χ0) is 41.1. The van der Waals surface area contributed by atoms with Crippen LogP contribution in [0.4, 0.5) is 10.1 Å². The maximum Gasteiger partial charge on any atom is 0.305 e. The Kier molecular flexibility index (Phi) is 12.8. The summed E-state index contributed by atoms with van der Waals surface area (Å²) >= 11 is 0. The van der Waals surface area contributed by atoms with E-state index in [2.05, 4.69) is 20.8 Å². The van der Waals surface area contributed by atoms with E-state index < -0.39 is 15.1 Å². The average Bonchev–Trinajstić information content (AvgIpc) is 3.65. The first kappa shape index (κ1) is 41.9. The number of sulfone groups is 1. The number of likely N-dealkylation sites (tertiary alicyclic amines) is 4. The van der Waals surface area contributed by atoms with Gasteiger partial charge >= 0.3 is 5.97 Å². The van der Waals surface area contributed by atoms with E-state index in [4.69, 9.17) is 4.74 Å². The summed E-state index contributed by atoms with van der Waals surface area (Å²) in [7, 11) is -2.13. The van der Waals surface area contributed by atoms with Gasteiger partial charge in [0.15, 0.2) is 9.84 Å². The summed E-state index contributed by atoms with van der Waals surface area (Å²) in [5.74, 6) is 0.0961. The molecule has 0 radical (unpaired) electrons. The van der Waals surface area contributed by atoms with Gasteiger partial charge in [0.25, 0.3) is 0 Å². The van der Waals surface area contributed by atoms with Gasteiger partial charge in [-0.15, -0.1) is 0 Å². The summed E-state index contributed by atoms with van der Waals surface area (Å²) in [6.45, 7) is 8.61. The molecule has 2 amide bonds. The number of hydrogen-bond donors (Lipinski definition) is 0. The van der Waals surface area contributed by atoms with Crippen LogP contribution in [0.1, 0.15) is 69.8 Å². The highest BCUT2D eigenvalue weighted by molar-refractivity contribution is 7.92. The van der Waals surface area contributed by atoms with Crippen molar-refractivity contribution < 1.29 is 31.9 Å². The summed E-state index contributed by atoms with van der Waals surface area (Å²) < 4.78 is 47.0. The summed E-state index contributed by atoms with van der Waals surface area (Å²) in [5.41, 5.74) is 1.58. The Hall–Kier alpha value is -3.81. The van der Waals surface area contributed by atoms with Crippen LogP contribution in [0.5, 0.6) is 0 Å². The highest BCUT2D eigenvalue weighted by Crippen LogP contribution is 2.54. The second-order valence-corrected chi connectivity index (χ2v) is 20.4. The molecule has 11 nitrogen and oxygen atoms in total. The van der Waals surface area contributed by atoms with Gasteiger partial charge in [0.2, 0.25) is 11.8 Å². The predicted molar refractivity (Wildman–Crippen MR) is 225 cm³/mol. The molecule has 2 aromatic rings. The SMILES string of the molecule is COC(=O)C[C@H]1CCC[C@@H]1[C@](CN1CCC1)(c1cccc(F)c1)C1CCN(C(=O)C2CN(c3ccc(S(=O)(=O)C4CN(C(=O)/C=C/CN5CCCCC5)C4)cc3)C2)CC1. The summed E-state index contributed by atoms with van der Waals surface area (Å²) in [6.07, 6.45) is 13.3. The Morgan fingerprint density at radius 3 is 2.19 bits per heavy atom. The van der Waals surface area contributed by atoms with Crippen LogP contribution in [0, 0.1) is 29.5 Å². The van der Waals surface area contributed by atoms with Crippen LogP contribution in [-0.2, 0) is 34.4 Å². The smallest absolute Gasteiger partial charge is 0.305 e. The Morgan fingerprint density at radius 1 is 0.814 bits per heavy atom. The zero-order valence-corrected chi connectivity index (χ0v) is 35.5.